The van der Waals surface area contributed by atoms with Crippen LogP contribution in [0.25, 0.3) is 0 Å². The third kappa shape index (κ3) is 2.52. The summed E-state index contributed by atoms with van der Waals surface area (Å²) < 4.78 is 28.0. The molecule has 0 radical (unpaired) electrons. The van der Waals surface area contributed by atoms with Crippen molar-refractivity contribution in [2.45, 2.75) is 30.5 Å². The van der Waals surface area contributed by atoms with E-state index in [1.54, 1.807) is 23.8 Å². The predicted octanol–water partition coefficient (Wildman–Crippen LogP) is -0.0434. The zero-order valence-electron chi connectivity index (χ0n) is 8.55. The maximum atomic E-state index is 11.1. The topological polar surface area (TPSA) is 64.3 Å². The summed E-state index contributed by atoms with van der Waals surface area (Å²) in [5.74, 6) is 0. The monoisotopic (exact) mass is 222 g/mol. The molecular formula is C8H11LiN2O3S. The van der Waals surface area contributed by atoms with Crippen molar-refractivity contribution in [2.75, 3.05) is 6.61 Å². The zero-order valence-corrected chi connectivity index (χ0v) is 9.37. The van der Waals surface area contributed by atoms with Gasteiger partial charge in [-0.1, -0.05) is 0 Å². The Hall–Kier alpha value is -0.123. The van der Waals surface area contributed by atoms with Gasteiger partial charge in [0.05, 0.1) is 0 Å². The maximum absolute atomic E-state index is 11.1. The second kappa shape index (κ2) is 4.81. The third-order valence-corrected chi connectivity index (χ3v) is 3.09. The van der Waals surface area contributed by atoms with Crippen molar-refractivity contribution >= 4 is 33.2 Å². The standard InChI is InChI=1S/C8H11N2O3S.Li/c11-14(12)8-4-5-9-10(8)7-3-1-2-6-13-7;/h4,7H,1-3,6H2,(H,11,12);. The minimum absolute atomic E-state index is 0.182. The molecule has 1 aliphatic rings. The summed E-state index contributed by atoms with van der Waals surface area (Å²) in [5, 5.41) is 4.51. The first-order valence-corrected chi connectivity index (χ1v) is 6.08. The van der Waals surface area contributed by atoms with E-state index in [0.717, 1.165) is 23.6 Å². The van der Waals surface area contributed by atoms with E-state index in [-0.39, 0.29) is 6.23 Å². The average Bonchev–Trinajstić information content (AvgIpc) is 2.62. The molecule has 1 saturated heterocycles. The molecule has 0 saturated carbocycles. The van der Waals surface area contributed by atoms with Gasteiger partial charge in [-0.25, -0.2) is 0 Å². The molecule has 0 aliphatic carbocycles. The van der Waals surface area contributed by atoms with E-state index in [1.165, 1.54) is 4.68 Å². The fourth-order valence-electron chi connectivity index (χ4n) is 1.75. The van der Waals surface area contributed by atoms with Crippen molar-refractivity contribution < 1.29 is 13.5 Å². The molecule has 15 heavy (non-hydrogen) atoms. The Morgan fingerprint density at radius 1 is 1.67 bits per heavy atom. The van der Waals surface area contributed by atoms with E-state index in [2.05, 4.69) is 5.10 Å². The first-order valence-electron chi connectivity index (χ1n) is 4.97. The van der Waals surface area contributed by atoms with E-state index >= 15 is 0 Å². The van der Waals surface area contributed by atoms with Gasteiger partial charge in [-0.15, -0.1) is 0 Å². The summed E-state index contributed by atoms with van der Waals surface area (Å²) >= 11 is -0.200. The number of hydrogen-bond acceptors (Lipinski definition) is 3. The van der Waals surface area contributed by atoms with Gasteiger partial charge in [0.15, 0.2) is 0 Å². The molecule has 2 unspecified atom stereocenters. The third-order valence-electron chi connectivity index (χ3n) is 2.43. The molecule has 78 valence electrons. The molecule has 1 aromatic rings. The van der Waals surface area contributed by atoms with Crippen LogP contribution in [-0.4, -0.2) is 42.9 Å². The van der Waals surface area contributed by atoms with Crippen LogP contribution in [0.5, 0.6) is 0 Å². The van der Waals surface area contributed by atoms with Gasteiger partial charge in [-0.3, -0.25) is 0 Å². The van der Waals surface area contributed by atoms with Gasteiger partial charge in [0.25, 0.3) is 0 Å². The van der Waals surface area contributed by atoms with Gasteiger partial charge in [0.1, 0.15) is 0 Å². The van der Waals surface area contributed by atoms with Crippen LogP contribution in [0, 0.1) is 0 Å². The van der Waals surface area contributed by atoms with Crippen LogP contribution in [0.3, 0.4) is 0 Å². The molecule has 5 nitrogen and oxygen atoms in total. The number of hydrogen-bond donors (Lipinski definition) is 1. The zero-order chi connectivity index (χ0) is 10.8. The summed E-state index contributed by atoms with van der Waals surface area (Å²) in [6, 6.07) is 1.62. The van der Waals surface area contributed by atoms with Crippen LogP contribution in [0.15, 0.2) is 11.1 Å². The fraction of sp³-hybridized carbons (Fsp3) is 0.625. The summed E-state index contributed by atoms with van der Waals surface area (Å²) in [6.07, 6.45) is 2.79. The van der Waals surface area contributed by atoms with Gasteiger partial charge in [0, 0.05) is 0 Å². The quantitative estimate of drug-likeness (QED) is 0.563. The van der Waals surface area contributed by atoms with Crippen LogP contribution in [0.1, 0.15) is 25.5 Å². The van der Waals surface area contributed by atoms with Gasteiger partial charge >= 0.3 is 99.6 Å². The van der Waals surface area contributed by atoms with E-state index in [9.17, 15) is 4.21 Å². The Labute approximate surface area is 99.7 Å². The Kier molecular flexibility index (Phi) is 3.64. The Morgan fingerprint density at radius 2 is 2.47 bits per heavy atom. The van der Waals surface area contributed by atoms with Crippen molar-refractivity contribution in [3.05, 3.63) is 6.07 Å². The van der Waals surface area contributed by atoms with Crippen molar-refractivity contribution in [3.63, 3.8) is 0 Å². The summed E-state index contributed by atoms with van der Waals surface area (Å²) in [5.41, 5.74) is 0. The molecule has 0 spiro atoms. The van der Waals surface area contributed by atoms with Crippen LogP contribution < -0.4 is 4.37 Å². The van der Waals surface area contributed by atoms with Crippen LogP contribution >= 0.6 is 0 Å². The molecule has 0 bridgehead atoms. The molecular weight excluding hydrogens is 211 g/mol. The number of aromatic nitrogens is 2. The Morgan fingerprint density at radius 3 is 3.07 bits per heavy atom. The first kappa shape index (κ1) is 11.4. The van der Waals surface area contributed by atoms with Crippen molar-refractivity contribution in [1.82, 2.24) is 9.78 Å². The molecule has 1 N–H and O–H groups in total. The normalized spacial score (nSPS) is 24.1. The van der Waals surface area contributed by atoms with E-state index < -0.39 is 11.1 Å². The van der Waals surface area contributed by atoms with Crippen molar-refractivity contribution in [2.24, 2.45) is 0 Å². The van der Waals surface area contributed by atoms with Gasteiger partial charge < -0.3 is 0 Å². The van der Waals surface area contributed by atoms with Crippen LogP contribution in [0.4, 0.5) is 0 Å². The van der Waals surface area contributed by atoms with E-state index in [4.69, 9.17) is 9.29 Å². The minimum atomic E-state index is -2.00. The number of nitrogens with zero attached hydrogens (tertiary/aromatic N) is 2. The average molecular weight is 222 g/mol. The van der Waals surface area contributed by atoms with E-state index in [0.29, 0.717) is 11.6 Å². The van der Waals surface area contributed by atoms with Crippen molar-refractivity contribution in [3.8, 4) is 0 Å². The fourth-order valence-corrected chi connectivity index (χ4v) is 2.34. The van der Waals surface area contributed by atoms with Gasteiger partial charge in [-0.05, 0) is 0 Å². The molecule has 1 aliphatic heterocycles. The second-order valence-corrected chi connectivity index (χ2v) is 4.56. The first-order chi connectivity index (χ1) is 7.18. The molecule has 0 amide bonds. The molecule has 7 heteroatoms. The molecule has 2 heterocycles. The summed E-state index contributed by atoms with van der Waals surface area (Å²) in [4.78, 5) is 0. The van der Waals surface area contributed by atoms with Crippen LogP contribution in [0.2, 0.25) is 0 Å². The van der Waals surface area contributed by atoms with E-state index in [1.807, 2.05) is 0 Å². The SMILES string of the molecule is [Li][c]1cc(S(=O)O)n(C2CCCCO2)n1. The van der Waals surface area contributed by atoms with Gasteiger partial charge in [0.2, 0.25) is 0 Å². The predicted molar refractivity (Wildman–Crippen MR) is 55.5 cm³/mol. The Bertz CT molecular complexity index is 376. The molecule has 2 atom stereocenters. The molecule has 0 aromatic carbocycles. The molecule has 2 rings (SSSR count). The molecule has 1 fully saturated rings. The molecule has 1 aromatic heterocycles. The Balaban J connectivity index is 2.28. The van der Waals surface area contributed by atoms with Crippen molar-refractivity contribution in [1.29, 1.82) is 0 Å². The van der Waals surface area contributed by atoms with Gasteiger partial charge in [-0.2, -0.15) is 0 Å². The number of rotatable bonds is 2. The summed E-state index contributed by atoms with van der Waals surface area (Å²) in [6.45, 7) is 0.696. The second-order valence-electron chi connectivity index (χ2n) is 3.64. The summed E-state index contributed by atoms with van der Waals surface area (Å²) in [7, 11) is 0. The number of ether oxygens (including phenoxy) is 1. The van der Waals surface area contributed by atoms with Crippen LogP contribution in [-0.2, 0) is 15.8 Å².